The first kappa shape index (κ1) is 16.1. The molecule has 1 saturated carbocycles. The molecule has 0 bridgehead atoms. The Hall–Kier alpha value is -1.26. The summed E-state index contributed by atoms with van der Waals surface area (Å²) in [7, 11) is 1.40. The van der Waals surface area contributed by atoms with Crippen molar-refractivity contribution < 1.29 is 14.3 Å². The summed E-state index contributed by atoms with van der Waals surface area (Å²) in [6.45, 7) is 2.80. The second-order valence-electron chi connectivity index (χ2n) is 6.37. The molecule has 5 heteroatoms. The summed E-state index contributed by atoms with van der Waals surface area (Å²) < 4.78 is 4.60. The molecule has 0 aromatic carbocycles. The van der Waals surface area contributed by atoms with Crippen molar-refractivity contribution in [2.24, 2.45) is 5.92 Å². The maximum atomic E-state index is 12.4. The van der Waals surface area contributed by atoms with Crippen molar-refractivity contribution in [2.45, 2.75) is 70.4 Å². The van der Waals surface area contributed by atoms with E-state index in [4.69, 9.17) is 0 Å². The standard InChI is InChI=1S/C16H28N2O3/c1-12-11-13-7-3-4-8-14(13)18(12)16(20)17-10-6-5-9-15(19)21-2/h12-14H,3-11H2,1-2H3,(H,17,20)/t12-,13-,14-/m1/s1. The fourth-order valence-corrected chi connectivity index (χ4v) is 3.84. The zero-order chi connectivity index (χ0) is 15.2. The normalized spacial score (nSPS) is 28.1. The van der Waals surface area contributed by atoms with Gasteiger partial charge in [-0.25, -0.2) is 4.79 Å². The summed E-state index contributed by atoms with van der Waals surface area (Å²) in [6, 6.07) is 0.881. The first-order chi connectivity index (χ1) is 10.1. The van der Waals surface area contributed by atoms with Gasteiger partial charge in [0.1, 0.15) is 0 Å². The van der Waals surface area contributed by atoms with Crippen LogP contribution in [0.2, 0.25) is 0 Å². The molecule has 1 aliphatic heterocycles. The molecule has 1 heterocycles. The van der Waals surface area contributed by atoms with Crippen molar-refractivity contribution in [2.75, 3.05) is 13.7 Å². The molecular formula is C16H28N2O3. The van der Waals surface area contributed by atoms with Gasteiger partial charge in [0.2, 0.25) is 0 Å². The number of likely N-dealkylation sites (tertiary alicyclic amines) is 1. The Kier molecular flexibility index (Phi) is 5.88. The molecule has 1 saturated heterocycles. The van der Waals surface area contributed by atoms with Crippen LogP contribution >= 0.6 is 0 Å². The first-order valence-corrected chi connectivity index (χ1v) is 8.26. The van der Waals surface area contributed by atoms with E-state index in [0.717, 1.165) is 25.7 Å². The lowest BCUT2D eigenvalue weighted by Crippen LogP contribution is -2.47. The summed E-state index contributed by atoms with van der Waals surface area (Å²) >= 11 is 0. The quantitative estimate of drug-likeness (QED) is 0.627. The Morgan fingerprint density at radius 1 is 1.24 bits per heavy atom. The minimum atomic E-state index is -0.181. The summed E-state index contributed by atoms with van der Waals surface area (Å²) in [4.78, 5) is 25.5. The van der Waals surface area contributed by atoms with E-state index in [1.54, 1.807) is 0 Å². The van der Waals surface area contributed by atoms with Crippen molar-refractivity contribution in [3.05, 3.63) is 0 Å². The van der Waals surface area contributed by atoms with Crippen LogP contribution in [0.5, 0.6) is 0 Å². The van der Waals surface area contributed by atoms with Gasteiger partial charge in [-0.3, -0.25) is 4.79 Å². The van der Waals surface area contributed by atoms with Gasteiger partial charge in [0.15, 0.2) is 0 Å². The zero-order valence-electron chi connectivity index (χ0n) is 13.3. The van der Waals surface area contributed by atoms with E-state index in [0.29, 0.717) is 31.0 Å². The van der Waals surface area contributed by atoms with Crippen molar-refractivity contribution >= 4 is 12.0 Å². The number of ether oxygens (including phenoxy) is 1. The molecule has 0 spiro atoms. The molecule has 2 aliphatic rings. The highest BCUT2D eigenvalue weighted by Crippen LogP contribution is 2.39. The summed E-state index contributed by atoms with van der Waals surface area (Å²) in [5.41, 5.74) is 0. The van der Waals surface area contributed by atoms with Crippen LogP contribution in [0.25, 0.3) is 0 Å². The molecule has 3 atom stereocenters. The molecule has 2 fully saturated rings. The Morgan fingerprint density at radius 2 is 2.00 bits per heavy atom. The third-order valence-electron chi connectivity index (χ3n) is 4.89. The number of methoxy groups -OCH3 is 1. The molecule has 0 aromatic heterocycles. The Labute approximate surface area is 127 Å². The molecule has 1 N–H and O–H groups in total. The van der Waals surface area contributed by atoms with Crippen LogP contribution < -0.4 is 5.32 Å². The van der Waals surface area contributed by atoms with Crippen LogP contribution in [0.4, 0.5) is 4.79 Å². The monoisotopic (exact) mass is 296 g/mol. The summed E-state index contributed by atoms with van der Waals surface area (Å²) in [5, 5.41) is 3.01. The predicted molar refractivity (Wildman–Crippen MR) is 80.9 cm³/mol. The van der Waals surface area contributed by atoms with E-state index in [2.05, 4.69) is 21.9 Å². The fourth-order valence-electron chi connectivity index (χ4n) is 3.84. The van der Waals surface area contributed by atoms with Gasteiger partial charge in [0.05, 0.1) is 7.11 Å². The fraction of sp³-hybridized carbons (Fsp3) is 0.875. The van der Waals surface area contributed by atoms with Crippen LogP contribution in [0, 0.1) is 5.92 Å². The minimum absolute atomic E-state index is 0.0787. The molecule has 2 rings (SSSR count). The molecule has 2 amide bonds. The van der Waals surface area contributed by atoms with Crippen LogP contribution in [-0.2, 0) is 9.53 Å². The predicted octanol–water partition coefficient (Wildman–Crippen LogP) is 2.69. The highest BCUT2D eigenvalue weighted by atomic mass is 16.5. The Balaban J connectivity index is 1.71. The number of carbonyl (C=O) groups excluding carboxylic acids is 2. The van der Waals surface area contributed by atoms with Crippen molar-refractivity contribution in [3.63, 3.8) is 0 Å². The number of nitrogens with one attached hydrogen (secondary N) is 1. The minimum Gasteiger partial charge on any atom is -0.469 e. The molecular weight excluding hydrogens is 268 g/mol. The van der Waals surface area contributed by atoms with Gasteiger partial charge in [0, 0.05) is 25.0 Å². The average Bonchev–Trinajstić information content (AvgIpc) is 2.82. The van der Waals surface area contributed by atoms with E-state index >= 15 is 0 Å². The lowest BCUT2D eigenvalue weighted by Gasteiger charge is -2.33. The number of fused-ring (bicyclic) bond motifs is 1. The Morgan fingerprint density at radius 3 is 2.76 bits per heavy atom. The number of carbonyl (C=O) groups is 2. The maximum Gasteiger partial charge on any atom is 0.317 e. The number of esters is 1. The van der Waals surface area contributed by atoms with Gasteiger partial charge in [0.25, 0.3) is 0 Å². The highest BCUT2D eigenvalue weighted by Gasteiger charge is 2.42. The topological polar surface area (TPSA) is 58.6 Å². The molecule has 0 unspecified atom stereocenters. The van der Waals surface area contributed by atoms with E-state index in [9.17, 15) is 9.59 Å². The highest BCUT2D eigenvalue weighted by molar-refractivity contribution is 5.75. The zero-order valence-corrected chi connectivity index (χ0v) is 13.3. The van der Waals surface area contributed by atoms with Crippen LogP contribution in [0.15, 0.2) is 0 Å². The number of urea groups is 1. The maximum absolute atomic E-state index is 12.4. The van der Waals surface area contributed by atoms with Crippen LogP contribution in [0.3, 0.4) is 0 Å². The number of unbranched alkanes of at least 4 members (excludes halogenated alkanes) is 1. The Bertz CT molecular complexity index is 373. The number of amides is 2. The number of hydrogen-bond donors (Lipinski definition) is 1. The van der Waals surface area contributed by atoms with Crippen molar-refractivity contribution in [3.8, 4) is 0 Å². The molecule has 21 heavy (non-hydrogen) atoms. The molecule has 0 radical (unpaired) electrons. The van der Waals surface area contributed by atoms with Gasteiger partial charge in [-0.05, 0) is 44.9 Å². The van der Waals surface area contributed by atoms with Gasteiger partial charge >= 0.3 is 12.0 Å². The number of rotatable bonds is 5. The lowest BCUT2D eigenvalue weighted by molar-refractivity contribution is -0.140. The van der Waals surface area contributed by atoms with Crippen molar-refractivity contribution in [1.82, 2.24) is 10.2 Å². The lowest BCUT2D eigenvalue weighted by atomic mass is 9.85. The van der Waals surface area contributed by atoms with Crippen molar-refractivity contribution in [1.29, 1.82) is 0 Å². The van der Waals surface area contributed by atoms with E-state index in [1.165, 1.54) is 26.4 Å². The van der Waals surface area contributed by atoms with Gasteiger partial charge in [-0.15, -0.1) is 0 Å². The molecule has 0 aromatic rings. The largest absolute Gasteiger partial charge is 0.469 e. The van der Waals surface area contributed by atoms with E-state index in [-0.39, 0.29) is 12.0 Å². The number of hydrogen-bond acceptors (Lipinski definition) is 3. The molecule has 120 valence electrons. The summed E-state index contributed by atoms with van der Waals surface area (Å²) in [5.74, 6) is 0.526. The summed E-state index contributed by atoms with van der Waals surface area (Å²) in [6.07, 6.45) is 8.15. The molecule has 1 aliphatic carbocycles. The average molecular weight is 296 g/mol. The van der Waals surface area contributed by atoms with Crippen LogP contribution in [-0.4, -0.2) is 42.6 Å². The third kappa shape index (κ3) is 4.11. The van der Waals surface area contributed by atoms with Gasteiger partial charge < -0.3 is 15.0 Å². The van der Waals surface area contributed by atoms with Crippen LogP contribution in [0.1, 0.15) is 58.3 Å². The van der Waals surface area contributed by atoms with E-state index < -0.39 is 0 Å². The van der Waals surface area contributed by atoms with E-state index in [1.807, 2.05) is 0 Å². The van der Waals surface area contributed by atoms with Gasteiger partial charge in [-0.2, -0.15) is 0 Å². The third-order valence-corrected chi connectivity index (χ3v) is 4.89. The smallest absolute Gasteiger partial charge is 0.317 e. The number of nitrogens with zero attached hydrogens (tertiary/aromatic N) is 1. The molecule has 5 nitrogen and oxygen atoms in total. The second-order valence-corrected chi connectivity index (χ2v) is 6.37. The first-order valence-electron chi connectivity index (χ1n) is 8.26. The van der Waals surface area contributed by atoms with Gasteiger partial charge in [-0.1, -0.05) is 12.8 Å². The second kappa shape index (κ2) is 7.66. The SMILES string of the molecule is COC(=O)CCCCNC(=O)N1[C@H](C)C[C@H]2CCCC[C@H]21.